The van der Waals surface area contributed by atoms with E-state index in [0.29, 0.717) is 18.8 Å². The van der Waals surface area contributed by atoms with Crippen LogP contribution in [0.4, 0.5) is 0 Å². The predicted octanol–water partition coefficient (Wildman–Crippen LogP) is 2.74. The molecule has 6 heteroatoms. The van der Waals surface area contributed by atoms with Gasteiger partial charge in [0.1, 0.15) is 5.76 Å². The summed E-state index contributed by atoms with van der Waals surface area (Å²) in [6.07, 6.45) is 7.11. The van der Waals surface area contributed by atoms with Gasteiger partial charge in [-0.25, -0.2) is 0 Å². The lowest BCUT2D eigenvalue weighted by molar-refractivity contribution is 0.0171. The number of nitrogens with one attached hydrogen (secondary N) is 2. The Morgan fingerprint density at radius 3 is 3.12 bits per heavy atom. The van der Waals surface area contributed by atoms with Crippen molar-refractivity contribution in [3.05, 3.63) is 24.2 Å². The predicted molar refractivity (Wildman–Crippen MR) is 100 cm³/mol. The van der Waals surface area contributed by atoms with E-state index in [1.807, 2.05) is 12.1 Å². The van der Waals surface area contributed by atoms with Gasteiger partial charge in [-0.1, -0.05) is 6.92 Å². The Kier molecular flexibility index (Phi) is 9.44. The van der Waals surface area contributed by atoms with E-state index in [2.05, 4.69) is 29.5 Å². The standard InChI is InChI=1S/C19H33N3O3/c1-3-16(2)22-19(21-11-9-17-7-4-13-24-17)20-10-6-12-23-15-18-8-5-14-25-18/h4,7,13,16,18H,3,5-6,8-12,14-15H2,1-2H3,(H2,20,21,22). The minimum atomic E-state index is 0.300. The first-order valence-corrected chi connectivity index (χ1v) is 9.54. The molecule has 2 unspecified atom stereocenters. The average Bonchev–Trinajstić information content (AvgIpc) is 3.31. The molecule has 1 fully saturated rings. The van der Waals surface area contributed by atoms with Crippen molar-refractivity contribution in [2.75, 3.05) is 32.9 Å². The third-order valence-corrected chi connectivity index (χ3v) is 4.28. The van der Waals surface area contributed by atoms with Crippen LogP contribution in [-0.4, -0.2) is 51.0 Å². The molecule has 0 saturated carbocycles. The summed E-state index contributed by atoms with van der Waals surface area (Å²) >= 11 is 0. The minimum Gasteiger partial charge on any atom is -0.469 e. The zero-order valence-corrected chi connectivity index (χ0v) is 15.6. The smallest absolute Gasteiger partial charge is 0.191 e. The highest BCUT2D eigenvalue weighted by Crippen LogP contribution is 2.11. The van der Waals surface area contributed by atoms with Crippen LogP contribution in [0.1, 0.15) is 45.3 Å². The summed E-state index contributed by atoms with van der Waals surface area (Å²) in [5, 5.41) is 6.81. The van der Waals surface area contributed by atoms with Gasteiger partial charge in [0.25, 0.3) is 0 Å². The Bertz CT molecular complexity index is 470. The summed E-state index contributed by atoms with van der Waals surface area (Å²) in [7, 11) is 0. The molecule has 1 aromatic rings. The summed E-state index contributed by atoms with van der Waals surface area (Å²) < 4.78 is 16.6. The lowest BCUT2D eigenvalue weighted by atomic mass is 10.2. The summed E-state index contributed by atoms with van der Waals surface area (Å²) in [5.41, 5.74) is 0. The molecule has 0 amide bonds. The van der Waals surface area contributed by atoms with E-state index in [1.165, 1.54) is 0 Å². The van der Waals surface area contributed by atoms with Gasteiger partial charge < -0.3 is 24.5 Å². The Hall–Kier alpha value is -1.53. The fourth-order valence-corrected chi connectivity index (χ4v) is 2.59. The molecule has 1 aliphatic rings. The normalized spacial score (nSPS) is 19.1. The van der Waals surface area contributed by atoms with Crippen LogP contribution >= 0.6 is 0 Å². The van der Waals surface area contributed by atoms with Gasteiger partial charge in [-0.15, -0.1) is 0 Å². The van der Waals surface area contributed by atoms with Crippen molar-refractivity contribution in [3.63, 3.8) is 0 Å². The van der Waals surface area contributed by atoms with Crippen molar-refractivity contribution in [2.45, 2.75) is 58.1 Å². The van der Waals surface area contributed by atoms with Gasteiger partial charge in [-0.2, -0.15) is 0 Å². The lowest BCUT2D eigenvalue weighted by Crippen LogP contribution is -2.42. The van der Waals surface area contributed by atoms with Crippen LogP contribution in [0.15, 0.2) is 27.8 Å². The molecule has 1 aromatic heterocycles. The van der Waals surface area contributed by atoms with E-state index in [1.54, 1.807) is 6.26 Å². The maximum atomic E-state index is 5.68. The number of hydrogen-bond donors (Lipinski definition) is 2. The van der Waals surface area contributed by atoms with E-state index in [-0.39, 0.29) is 0 Å². The van der Waals surface area contributed by atoms with Crippen molar-refractivity contribution < 1.29 is 13.9 Å². The van der Waals surface area contributed by atoms with E-state index >= 15 is 0 Å². The fraction of sp³-hybridized carbons (Fsp3) is 0.737. The SMILES string of the molecule is CCC(C)NC(=NCCCOCC1CCCO1)NCCc1ccco1. The molecule has 142 valence electrons. The number of aliphatic imine (C=N–C) groups is 1. The van der Waals surface area contributed by atoms with E-state index in [4.69, 9.17) is 13.9 Å². The molecule has 25 heavy (non-hydrogen) atoms. The minimum absolute atomic E-state index is 0.300. The highest BCUT2D eigenvalue weighted by atomic mass is 16.5. The number of guanidine groups is 1. The van der Waals surface area contributed by atoms with E-state index in [9.17, 15) is 0 Å². The number of rotatable bonds is 11. The van der Waals surface area contributed by atoms with Crippen LogP contribution < -0.4 is 10.6 Å². The quantitative estimate of drug-likeness (QED) is 0.364. The van der Waals surface area contributed by atoms with Gasteiger partial charge >= 0.3 is 0 Å². The van der Waals surface area contributed by atoms with Crippen LogP contribution in [0.25, 0.3) is 0 Å². The molecule has 0 aliphatic carbocycles. The Morgan fingerprint density at radius 1 is 1.48 bits per heavy atom. The Balaban J connectivity index is 1.63. The van der Waals surface area contributed by atoms with Crippen LogP contribution in [0.5, 0.6) is 0 Å². The highest BCUT2D eigenvalue weighted by molar-refractivity contribution is 5.80. The summed E-state index contributed by atoms with van der Waals surface area (Å²) in [5.74, 6) is 1.85. The molecule has 1 aliphatic heterocycles. The zero-order valence-electron chi connectivity index (χ0n) is 15.6. The second kappa shape index (κ2) is 11.9. The molecule has 2 rings (SSSR count). The second-order valence-corrected chi connectivity index (χ2v) is 6.50. The van der Waals surface area contributed by atoms with Crippen LogP contribution in [-0.2, 0) is 15.9 Å². The van der Waals surface area contributed by atoms with E-state index < -0.39 is 0 Å². The van der Waals surface area contributed by atoms with E-state index in [0.717, 1.165) is 70.1 Å². The number of hydrogen-bond acceptors (Lipinski definition) is 4. The van der Waals surface area contributed by atoms with Gasteiger partial charge in [-0.3, -0.25) is 4.99 Å². The lowest BCUT2D eigenvalue weighted by Gasteiger charge is -2.17. The van der Waals surface area contributed by atoms with Gasteiger partial charge in [-0.05, 0) is 44.7 Å². The molecule has 1 saturated heterocycles. The summed E-state index contributed by atoms with van der Waals surface area (Å²) in [4.78, 5) is 4.65. The van der Waals surface area contributed by atoms with Crippen LogP contribution in [0, 0.1) is 0 Å². The third-order valence-electron chi connectivity index (χ3n) is 4.28. The first-order chi connectivity index (χ1) is 12.3. The largest absolute Gasteiger partial charge is 0.469 e. The monoisotopic (exact) mass is 351 g/mol. The molecular weight excluding hydrogens is 318 g/mol. The maximum absolute atomic E-state index is 5.68. The maximum Gasteiger partial charge on any atom is 0.191 e. The molecule has 0 spiro atoms. The van der Waals surface area contributed by atoms with Gasteiger partial charge in [0.15, 0.2) is 5.96 Å². The topological polar surface area (TPSA) is 68.0 Å². The second-order valence-electron chi connectivity index (χ2n) is 6.50. The molecule has 2 heterocycles. The number of ether oxygens (including phenoxy) is 2. The molecular formula is C19H33N3O3. The van der Waals surface area contributed by atoms with Crippen molar-refractivity contribution >= 4 is 5.96 Å². The van der Waals surface area contributed by atoms with Crippen molar-refractivity contribution in [3.8, 4) is 0 Å². The number of furan rings is 1. The third kappa shape index (κ3) is 8.40. The molecule has 2 N–H and O–H groups in total. The summed E-state index contributed by atoms with van der Waals surface area (Å²) in [6, 6.07) is 4.30. The Labute approximate surface area is 151 Å². The molecule has 0 radical (unpaired) electrons. The first kappa shape index (κ1) is 19.8. The zero-order chi connectivity index (χ0) is 17.7. The number of nitrogens with zero attached hydrogens (tertiary/aromatic N) is 1. The molecule has 0 bridgehead atoms. The Morgan fingerprint density at radius 2 is 2.40 bits per heavy atom. The van der Waals surface area contributed by atoms with Crippen LogP contribution in [0.3, 0.4) is 0 Å². The van der Waals surface area contributed by atoms with Crippen molar-refractivity contribution in [1.82, 2.24) is 10.6 Å². The first-order valence-electron chi connectivity index (χ1n) is 9.54. The highest BCUT2D eigenvalue weighted by Gasteiger charge is 2.14. The molecule has 6 nitrogen and oxygen atoms in total. The average molecular weight is 351 g/mol. The summed E-state index contributed by atoms with van der Waals surface area (Å²) in [6.45, 7) is 8.19. The van der Waals surface area contributed by atoms with Gasteiger partial charge in [0, 0.05) is 38.8 Å². The van der Waals surface area contributed by atoms with Crippen molar-refractivity contribution in [1.29, 1.82) is 0 Å². The molecule has 2 atom stereocenters. The molecule has 0 aromatic carbocycles. The van der Waals surface area contributed by atoms with Gasteiger partial charge in [0.2, 0.25) is 0 Å². The fourth-order valence-electron chi connectivity index (χ4n) is 2.59. The van der Waals surface area contributed by atoms with Crippen LogP contribution in [0.2, 0.25) is 0 Å². The van der Waals surface area contributed by atoms with Crippen molar-refractivity contribution in [2.24, 2.45) is 4.99 Å². The van der Waals surface area contributed by atoms with Gasteiger partial charge in [0.05, 0.1) is 19.0 Å².